The number of aliphatic carboxylic acids is 1. The van der Waals surface area contributed by atoms with Gasteiger partial charge < -0.3 is 24.1 Å². The highest BCUT2D eigenvalue weighted by molar-refractivity contribution is 5.84. The number of carboxylic acids is 1. The van der Waals surface area contributed by atoms with Gasteiger partial charge in [-0.2, -0.15) is 0 Å². The normalized spacial score (nSPS) is 11.9. The maximum atomic E-state index is 14.1. The smallest absolute Gasteiger partial charge is 0.344 e. The molecule has 10 heteroatoms. The lowest BCUT2D eigenvalue weighted by molar-refractivity contribution is -0.139. The van der Waals surface area contributed by atoms with Crippen molar-refractivity contribution in [1.82, 2.24) is 9.36 Å². The molecule has 0 aliphatic carbocycles. The summed E-state index contributed by atoms with van der Waals surface area (Å²) in [5.74, 6) is -2.20. The molecule has 2 heterocycles. The summed E-state index contributed by atoms with van der Waals surface area (Å²) in [5, 5.41) is 20.8. The average molecular weight is 543 g/mol. The van der Waals surface area contributed by atoms with Gasteiger partial charge in [0.25, 0.3) is 5.56 Å². The lowest BCUT2D eigenvalue weighted by atomic mass is 9.84. The Morgan fingerprint density at radius 2 is 1.68 bits per heavy atom. The second-order valence-corrected chi connectivity index (χ2v) is 9.15. The van der Waals surface area contributed by atoms with E-state index in [-0.39, 0.29) is 34.0 Å². The molecule has 0 fully saturated rings. The van der Waals surface area contributed by atoms with Crippen LogP contribution in [0.1, 0.15) is 28.3 Å². The number of aromatic nitrogens is 2. The third-order valence-electron chi connectivity index (χ3n) is 6.87. The minimum atomic E-state index is -1.16. The first-order valence-corrected chi connectivity index (χ1v) is 12.3. The highest BCUT2D eigenvalue weighted by Gasteiger charge is 2.33. The van der Waals surface area contributed by atoms with Crippen molar-refractivity contribution in [2.75, 3.05) is 13.7 Å². The average Bonchev–Trinajstić information content (AvgIpc) is 3.17. The highest BCUT2D eigenvalue weighted by atomic mass is 16.5. The molecule has 0 spiro atoms. The molecule has 2 aromatic heterocycles. The molecule has 0 saturated carbocycles. The zero-order valence-corrected chi connectivity index (χ0v) is 22.0. The number of carboxylic acid groups (broad SMARTS) is 1. The quantitative estimate of drug-likeness (QED) is 0.282. The monoisotopic (exact) mass is 542 g/mol. The SMILES string of the molecule is COc1cc([C@@H](c2c(O)c3ccccc3oc2=O)c2c(C)n(C)n(-c3ccccc3)c2=O)ccc1OCC(=O)O. The standard InChI is InChI=1S/C30H26N2O8/c1-17-25(29(36)32(31(17)2)19-9-5-4-6-10-19)26(18-13-14-22(23(15-18)38-3)39-16-24(33)34)27-28(35)20-11-7-8-12-21(20)40-30(27)37/h4-15,26,35H,16H2,1-3H3,(H,33,34)/t26-/m1/s1. The van der Waals surface area contributed by atoms with E-state index >= 15 is 0 Å². The summed E-state index contributed by atoms with van der Waals surface area (Å²) in [6.45, 7) is 1.16. The molecule has 0 bridgehead atoms. The third-order valence-corrected chi connectivity index (χ3v) is 6.87. The Labute approximate surface area is 227 Å². The molecular formula is C30H26N2O8. The van der Waals surface area contributed by atoms with Crippen molar-refractivity contribution in [2.45, 2.75) is 12.8 Å². The largest absolute Gasteiger partial charge is 0.507 e. The fraction of sp³-hybridized carbons (Fsp3) is 0.167. The van der Waals surface area contributed by atoms with Crippen molar-refractivity contribution in [3.8, 4) is 22.9 Å². The molecule has 0 aliphatic heterocycles. The van der Waals surface area contributed by atoms with Crippen molar-refractivity contribution in [2.24, 2.45) is 7.05 Å². The number of rotatable bonds is 8. The number of fused-ring (bicyclic) bond motifs is 1. The van der Waals surface area contributed by atoms with Crippen molar-refractivity contribution in [3.63, 3.8) is 0 Å². The molecule has 3 aromatic carbocycles. The maximum absolute atomic E-state index is 14.1. The molecule has 5 aromatic rings. The number of aromatic hydroxyl groups is 1. The molecule has 0 amide bonds. The van der Waals surface area contributed by atoms with Crippen molar-refractivity contribution >= 4 is 16.9 Å². The number of hydrogen-bond acceptors (Lipinski definition) is 7. The van der Waals surface area contributed by atoms with Crippen LogP contribution in [0.5, 0.6) is 17.2 Å². The van der Waals surface area contributed by atoms with Gasteiger partial charge in [-0.15, -0.1) is 0 Å². The molecule has 0 aliphatic rings. The molecule has 10 nitrogen and oxygen atoms in total. The zero-order chi connectivity index (χ0) is 28.6. The van der Waals surface area contributed by atoms with E-state index in [4.69, 9.17) is 19.0 Å². The molecule has 0 saturated heterocycles. The van der Waals surface area contributed by atoms with Crippen LogP contribution in [0.3, 0.4) is 0 Å². The van der Waals surface area contributed by atoms with Gasteiger partial charge in [-0.1, -0.05) is 36.4 Å². The van der Waals surface area contributed by atoms with Crippen LogP contribution in [-0.4, -0.2) is 39.3 Å². The number of para-hydroxylation sites is 2. The maximum Gasteiger partial charge on any atom is 0.344 e. The highest BCUT2D eigenvalue weighted by Crippen LogP contribution is 2.41. The van der Waals surface area contributed by atoms with E-state index in [1.807, 2.05) is 18.2 Å². The lowest BCUT2D eigenvalue weighted by Crippen LogP contribution is -2.24. The first-order chi connectivity index (χ1) is 19.2. The number of hydrogen-bond donors (Lipinski definition) is 2. The van der Waals surface area contributed by atoms with Gasteiger partial charge >= 0.3 is 11.6 Å². The van der Waals surface area contributed by atoms with Gasteiger partial charge in [-0.05, 0) is 48.9 Å². The zero-order valence-electron chi connectivity index (χ0n) is 22.0. The minimum absolute atomic E-state index is 0.119. The number of carbonyl (C=O) groups is 1. The number of nitrogens with zero attached hydrogens (tertiary/aromatic N) is 2. The Hall–Kier alpha value is -5.25. The molecule has 0 unspecified atom stereocenters. The molecule has 40 heavy (non-hydrogen) atoms. The number of benzene rings is 3. The van der Waals surface area contributed by atoms with E-state index in [9.17, 15) is 19.5 Å². The molecule has 0 radical (unpaired) electrons. The van der Waals surface area contributed by atoms with Crippen LogP contribution in [0.2, 0.25) is 0 Å². The third kappa shape index (κ3) is 4.49. The summed E-state index contributed by atoms with van der Waals surface area (Å²) in [6.07, 6.45) is 0. The second kappa shape index (κ2) is 10.5. The topological polar surface area (TPSA) is 133 Å². The Balaban J connectivity index is 1.82. The van der Waals surface area contributed by atoms with Gasteiger partial charge in [0.2, 0.25) is 0 Å². The van der Waals surface area contributed by atoms with E-state index in [2.05, 4.69) is 0 Å². The molecule has 2 N–H and O–H groups in total. The van der Waals surface area contributed by atoms with E-state index in [0.29, 0.717) is 22.3 Å². The van der Waals surface area contributed by atoms with Crippen molar-refractivity contribution < 1.29 is 28.9 Å². The predicted octanol–water partition coefficient (Wildman–Crippen LogP) is 3.95. The Morgan fingerprint density at radius 3 is 2.38 bits per heavy atom. The van der Waals surface area contributed by atoms with Crippen molar-refractivity contribution in [1.29, 1.82) is 0 Å². The van der Waals surface area contributed by atoms with Crippen LogP contribution < -0.4 is 20.7 Å². The number of ether oxygens (including phenoxy) is 2. The summed E-state index contributed by atoms with van der Waals surface area (Å²) in [4.78, 5) is 38.6. The first-order valence-electron chi connectivity index (χ1n) is 12.3. The summed E-state index contributed by atoms with van der Waals surface area (Å²) in [6, 6.07) is 20.3. The van der Waals surface area contributed by atoms with Gasteiger partial charge in [-0.25, -0.2) is 14.3 Å². The van der Waals surface area contributed by atoms with Gasteiger partial charge in [0.05, 0.1) is 35.2 Å². The van der Waals surface area contributed by atoms with Crippen LogP contribution >= 0.6 is 0 Å². The predicted molar refractivity (Wildman–Crippen MR) is 147 cm³/mol. The molecule has 204 valence electrons. The van der Waals surface area contributed by atoms with Crippen LogP contribution in [0, 0.1) is 6.92 Å². The van der Waals surface area contributed by atoms with Gasteiger partial charge in [0.15, 0.2) is 18.1 Å². The van der Waals surface area contributed by atoms with E-state index in [1.54, 1.807) is 67.2 Å². The van der Waals surface area contributed by atoms with Crippen molar-refractivity contribution in [3.05, 3.63) is 116 Å². The van der Waals surface area contributed by atoms with Gasteiger partial charge in [0, 0.05) is 12.7 Å². The van der Waals surface area contributed by atoms with Crippen LogP contribution in [0.25, 0.3) is 16.7 Å². The second-order valence-electron chi connectivity index (χ2n) is 9.15. The van der Waals surface area contributed by atoms with Gasteiger partial charge in [0.1, 0.15) is 11.3 Å². The summed E-state index contributed by atoms with van der Waals surface area (Å²) >= 11 is 0. The lowest BCUT2D eigenvalue weighted by Gasteiger charge is -2.20. The fourth-order valence-electron chi connectivity index (χ4n) is 4.92. The fourth-order valence-corrected chi connectivity index (χ4v) is 4.92. The molecule has 5 rings (SSSR count). The van der Waals surface area contributed by atoms with Crippen LogP contribution in [0.15, 0.2) is 86.8 Å². The van der Waals surface area contributed by atoms with Crippen LogP contribution in [0.4, 0.5) is 0 Å². The van der Waals surface area contributed by atoms with E-state index < -0.39 is 29.7 Å². The van der Waals surface area contributed by atoms with Crippen LogP contribution in [-0.2, 0) is 11.8 Å². The Kier molecular flexibility index (Phi) is 6.91. The first kappa shape index (κ1) is 26.4. The minimum Gasteiger partial charge on any atom is -0.507 e. The van der Waals surface area contributed by atoms with Gasteiger partial charge in [-0.3, -0.25) is 9.48 Å². The summed E-state index contributed by atoms with van der Waals surface area (Å²) < 4.78 is 19.6. The summed E-state index contributed by atoms with van der Waals surface area (Å²) in [7, 11) is 3.12. The summed E-state index contributed by atoms with van der Waals surface area (Å²) in [5.41, 5.74) is 0.714. The van der Waals surface area contributed by atoms with E-state index in [0.717, 1.165) is 0 Å². The Bertz CT molecular complexity index is 1850. The molecule has 1 atom stereocenters. The Morgan fingerprint density at radius 1 is 0.975 bits per heavy atom. The number of methoxy groups -OCH3 is 1. The molecular weight excluding hydrogens is 516 g/mol. The van der Waals surface area contributed by atoms with E-state index in [1.165, 1.54) is 17.9 Å².